The van der Waals surface area contributed by atoms with E-state index in [0.717, 1.165) is 0 Å². The van der Waals surface area contributed by atoms with E-state index < -0.39 is 8.69 Å². The predicted molar refractivity (Wildman–Crippen MR) is 27.7 cm³/mol. The normalized spacial score (nSPS) is 4.20. The van der Waals surface area contributed by atoms with Gasteiger partial charge in [-0.05, 0) is 0 Å². The van der Waals surface area contributed by atoms with Crippen LogP contribution in [0.3, 0.4) is 0 Å². The molecule has 0 atom stereocenters. The first kappa shape index (κ1) is 16.2. The summed E-state index contributed by atoms with van der Waals surface area (Å²) >= 11 is 0. The van der Waals surface area contributed by atoms with E-state index in [1.807, 2.05) is 0 Å². The predicted octanol–water partition coefficient (Wildman–Crippen LogP) is -1.15. The summed E-state index contributed by atoms with van der Waals surface area (Å²) in [7, 11) is -0.833. The van der Waals surface area contributed by atoms with Gasteiger partial charge in [0.15, 0.2) is 17.4 Å². The van der Waals surface area contributed by atoms with Crippen molar-refractivity contribution in [3.05, 3.63) is 0 Å². The van der Waals surface area contributed by atoms with Crippen molar-refractivity contribution in [3.8, 4) is 0 Å². The van der Waals surface area contributed by atoms with Crippen molar-refractivity contribution in [2.45, 2.75) is 0 Å². The molecule has 0 spiro atoms. The van der Waals surface area contributed by atoms with Crippen molar-refractivity contribution in [2.75, 3.05) is 0 Å². The van der Waals surface area contributed by atoms with Crippen LogP contribution in [0.15, 0.2) is 0 Å². The summed E-state index contributed by atoms with van der Waals surface area (Å²) in [4.78, 5) is 6.99. The Morgan fingerprint density at radius 1 is 1.80 bits per heavy atom. The van der Waals surface area contributed by atoms with Gasteiger partial charge in [0.2, 0.25) is 0 Å². The Hall–Kier alpha value is 1.36. The third-order valence-electron chi connectivity index (χ3n) is 0. The molecule has 0 radical (unpaired) electrons. The van der Waals surface area contributed by atoms with Gasteiger partial charge >= 0.3 is 31.7 Å². The summed E-state index contributed by atoms with van der Waals surface area (Å²) in [6, 6.07) is 0. The number of rotatable bonds is 0. The molecule has 0 aromatic rings. The molecule has 0 heterocycles. The third kappa shape index (κ3) is 32.7. The molecule has 0 fully saturated rings. The molecule has 0 aliphatic heterocycles. The first-order valence-corrected chi connectivity index (χ1v) is 1.15. The minimum Gasteiger partial charge on any atom is -1.00 e. The first-order valence-electron chi connectivity index (χ1n) is 0.383. The SMILES string of the molecule is O=PO.[AlH3].[H-].[H-].[Mg+2]. The molecule has 28 valence electrons. The summed E-state index contributed by atoms with van der Waals surface area (Å²) in [5, 5.41) is 0. The van der Waals surface area contributed by atoms with Crippen molar-refractivity contribution in [1.29, 1.82) is 0 Å². The average Bonchev–Trinajstić information content (AvgIpc) is 0.918. The van der Waals surface area contributed by atoms with Crippen LogP contribution in [0.1, 0.15) is 2.85 Å². The summed E-state index contributed by atoms with van der Waals surface area (Å²) < 4.78 is 8.46. The Bertz CT molecular complexity index is 23.2. The zero-order valence-electron chi connectivity index (χ0n) is 4.01. The van der Waals surface area contributed by atoms with Crippen molar-refractivity contribution < 1.29 is 12.3 Å². The maximum atomic E-state index is 8.46. The molecule has 0 aromatic heterocycles. The topological polar surface area (TPSA) is 37.3 Å². The Morgan fingerprint density at radius 3 is 1.80 bits per heavy atom. The van der Waals surface area contributed by atoms with Gasteiger partial charge in [-0.3, -0.25) is 0 Å². The van der Waals surface area contributed by atoms with E-state index in [2.05, 4.69) is 0 Å². The summed E-state index contributed by atoms with van der Waals surface area (Å²) in [5.74, 6) is 0. The van der Waals surface area contributed by atoms with E-state index in [9.17, 15) is 0 Å². The van der Waals surface area contributed by atoms with E-state index in [1.165, 1.54) is 0 Å². The molecule has 2 nitrogen and oxygen atoms in total. The van der Waals surface area contributed by atoms with Gasteiger partial charge in [0, 0.05) is 0 Å². The molecule has 0 aliphatic rings. The second-order valence-corrected chi connectivity index (χ2v) is 0.245. The van der Waals surface area contributed by atoms with Crippen LogP contribution in [0, 0.1) is 0 Å². The number of hydrogen-bond donors (Lipinski definition) is 1. The average molecular weight is 120 g/mol. The molecular formula is H6AlMgO2P. The Morgan fingerprint density at radius 2 is 1.80 bits per heavy atom. The maximum absolute atomic E-state index is 8.46. The molecule has 0 amide bonds. The van der Waals surface area contributed by atoms with Crippen molar-refractivity contribution in [2.24, 2.45) is 0 Å². The third-order valence-corrected chi connectivity index (χ3v) is 0. The van der Waals surface area contributed by atoms with Crippen molar-refractivity contribution in [1.82, 2.24) is 0 Å². The zero-order valence-corrected chi connectivity index (χ0v) is 4.32. The molecule has 0 unspecified atom stereocenters. The van der Waals surface area contributed by atoms with Crippen LogP contribution < -0.4 is 0 Å². The second-order valence-electron chi connectivity index (χ2n) is 0.0816. The van der Waals surface area contributed by atoms with Gasteiger partial charge in [0.05, 0.1) is 0 Å². The number of hydrogen-bond acceptors (Lipinski definition) is 1. The second kappa shape index (κ2) is 18.3. The monoisotopic (exact) mass is 120 g/mol. The van der Waals surface area contributed by atoms with E-state index in [4.69, 9.17) is 9.46 Å². The van der Waals surface area contributed by atoms with Crippen LogP contribution in [-0.4, -0.2) is 45.3 Å². The van der Waals surface area contributed by atoms with Crippen LogP contribution in [-0.2, 0) is 4.57 Å². The van der Waals surface area contributed by atoms with Gasteiger partial charge in [0.25, 0.3) is 0 Å². The molecule has 1 N–H and O–H groups in total. The van der Waals surface area contributed by atoms with Crippen LogP contribution >= 0.6 is 8.69 Å². The van der Waals surface area contributed by atoms with Gasteiger partial charge in [-0.2, -0.15) is 0 Å². The van der Waals surface area contributed by atoms with Crippen LogP contribution in [0.25, 0.3) is 0 Å². The molecule has 5 heteroatoms. The van der Waals surface area contributed by atoms with Gasteiger partial charge in [-0.25, -0.2) is 4.57 Å². The van der Waals surface area contributed by atoms with Gasteiger partial charge in [0.1, 0.15) is 0 Å². The van der Waals surface area contributed by atoms with Gasteiger partial charge < -0.3 is 7.75 Å². The van der Waals surface area contributed by atoms with Crippen LogP contribution in [0.2, 0.25) is 0 Å². The van der Waals surface area contributed by atoms with E-state index in [-0.39, 0.29) is 43.3 Å². The molecule has 0 saturated carbocycles. The minimum atomic E-state index is -0.833. The molecule has 5 heavy (non-hydrogen) atoms. The fourth-order valence-electron chi connectivity index (χ4n) is 0. The smallest absolute Gasteiger partial charge is 1.00 e. The van der Waals surface area contributed by atoms with E-state index >= 15 is 0 Å². The van der Waals surface area contributed by atoms with Crippen molar-refractivity contribution >= 4 is 49.1 Å². The minimum absolute atomic E-state index is 0. The fourth-order valence-corrected chi connectivity index (χ4v) is 0. The Labute approximate surface area is 61.5 Å². The molecule has 0 aliphatic carbocycles. The molecule has 0 saturated heterocycles. The Kier molecular flexibility index (Phi) is 59.2. The van der Waals surface area contributed by atoms with Crippen LogP contribution in [0.5, 0.6) is 0 Å². The summed E-state index contributed by atoms with van der Waals surface area (Å²) in [6.07, 6.45) is 0. The van der Waals surface area contributed by atoms with Crippen molar-refractivity contribution in [3.63, 3.8) is 0 Å². The summed E-state index contributed by atoms with van der Waals surface area (Å²) in [5.41, 5.74) is 0. The summed E-state index contributed by atoms with van der Waals surface area (Å²) in [6.45, 7) is 0. The van der Waals surface area contributed by atoms with E-state index in [1.54, 1.807) is 0 Å². The van der Waals surface area contributed by atoms with Crippen LogP contribution in [0.4, 0.5) is 0 Å². The molecule has 0 rings (SSSR count). The zero-order chi connectivity index (χ0) is 2.71. The van der Waals surface area contributed by atoms with E-state index in [0.29, 0.717) is 0 Å². The first-order chi connectivity index (χ1) is 1.41. The van der Waals surface area contributed by atoms with Gasteiger partial charge in [-0.15, -0.1) is 0 Å². The molecule has 0 bridgehead atoms. The van der Waals surface area contributed by atoms with Gasteiger partial charge in [-0.1, -0.05) is 0 Å². The Balaban J connectivity index is -0.00000000333. The maximum Gasteiger partial charge on any atom is 2.00 e. The quantitative estimate of drug-likeness (QED) is 0.324. The fraction of sp³-hybridized carbons (Fsp3) is 0. The molecule has 0 aromatic carbocycles. The standard InChI is InChI=1S/Al.Mg.HO2P.5H/c;;1-3-2;;;;;/h;;(H,1,2);;;;;/q;+2;;;;;2*-1. The largest absolute Gasteiger partial charge is 2.00 e. The molecular weight excluding hydrogens is 114 g/mol.